The van der Waals surface area contributed by atoms with Crippen molar-refractivity contribution in [3.8, 4) is 0 Å². The molecule has 19 heavy (non-hydrogen) atoms. The number of aryl methyl sites for hydroxylation is 2. The quantitative estimate of drug-likeness (QED) is 0.875. The first-order chi connectivity index (χ1) is 8.81. The minimum Gasteiger partial charge on any atom is -0.278 e. The molecule has 2 rings (SSSR count). The van der Waals surface area contributed by atoms with Crippen molar-refractivity contribution in [1.29, 1.82) is 0 Å². The average molecular weight is 382 g/mol. The lowest BCUT2D eigenvalue weighted by Gasteiger charge is -2.10. The number of hydrogen-bond acceptors (Lipinski definition) is 4. The Balaban J connectivity index is 2.42. The molecule has 0 atom stereocenters. The second-order valence-electron chi connectivity index (χ2n) is 3.88. The number of benzene rings is 1. The molecule has 0 unspecified atom stereocenters. The van der Waals surface area contributed by atoms with Crippen molar-refractivity contribution >= 4 is 54.6 Å². The molecular formula is C11H10BrClN2O2S2. The SMILES string of the molecule is Cc1cccc(NS(=O)(=O)c2sc(Cl)nc2C)c1Br. The van der Waals surface area contributed by atoms with Gasteiger partial charge in [0.05, 0.1) is 11.4 Å². The molecule has 0 spiro atoms. The molecule has 1 aromatic carbocycles. The number of anilines is 1. The van der Waals surface area contributed by atoms with E-state index in [-0.39, 0.29) is 8.68 Å². The van der Waals surface area contributed by atoms with Crippen LogP contribution in [0.25, 0.3) is 0 Å². The van der Waals surface area contributed by atoms with Gasteiger partial charge in [-0.15, -0.1) is 0 Å². The van der Waals surface area contributed by atoms with E-state index in [1.165, 1.54) is 0 Å². The largest absolute Gasteiger partial charge is 0.278 e. The Labute approximate surface area is 129 Å². The van der Waals surface area contributed by atoms with Crippen molar-refractivity contribution in [1.82, 2.24) is 4.98 Å². The van der Waals surface area contributed by atoms with Gasteiger partial charge in [-0.25, -0.2) is 13.4 Å². The first-order valence-corrected chi connectivity index (χ1v) is 8.69. The molecule has 1 N–H and O–H groups in total. The van der Waals surface area contributed by atoms with Gasteiger partial charge in [0.15, 0.2) is 8.68 Å². The Morgan fingerprint density at radius 3 is 2.63 bits per heavy atom. The first kappa shape index (κ1) is 14.8. The topological polar surface area (TPSA) is 59.1 Å². The standard InChI is InChI=1S/C11H10BrClN2O2S2/c1-6-4-3-5-8(9(6)12)15-19(16,17)10-7(2)14-11(13)18-10/h3-5,15H,1-2H3. The van der Waals surface area contributed by atoms with Gasteiger partial charge in [0.2, 0.25) is 0 Å². The van der Waals surface area contributed by atoms with Gasteiger partial charge in [0.1, 0.15) is 0 Å². The van der Waals surface area contributed by atoms with E-state index >= 15 is 0 Å². The third-order valence-corrected chi connectivity index (χ3v) is 6.70. The zero-order chi connectivity index (χ0) is 14.2. The van der Waals surface area contributed by atoms with E-state index in [2.05, 4.69) is 25.6 Å². The van der Waals surface area contributed by atoms with Crippen LogP contribution in [0.5, 0.6) is 0 Å². The fourth-order valence-corrected chi connectivity index (χ4v) is 4.82. The van der Waals surface area contributed by atoms with Crippen LogP contribution in [0.2, 0.25) is 4.47 Å². The molecule has 102 valence electrons. The Morgan fingerprint density at radius 2 is 2.05 bits per heavy atom. The smallest absolute Gasteiger partial charge is 0.273 e. The van der Waals surface area contributed by atoms with Gasteiger partial charge in [-0.2, -0.15) is 0 Å². The highest BCUT2D eigenvalue weighted by Crippen LogP contribution is 2.31. The van der Waals surface area contributed by atoms with Crippen LogP contribution in [0, 0.1) is 13.8 Å². The molecule has 8 heteroatoms. The summed E-state index contributed by atoms with van der Waals surface area (Å²) in [6.45, 7) is 3.50. The Bertz CT molecular complexity index is 728. The lowest BCUT2D eigenvalue weighted by Crippen LogP contribution is -2.13. The van der Waals surface area contributed by atoms with Crippen molar-refractivity contribution in [2.24, 2.45) is 0 Å². The van der Waals surface area contributed by atoms with Crippen molar-refractivity contribution in [2.75, 3.05) is 4.72 Å². The van der Waals surface area contributed by atoms with Crippen molar-refractivity contribution in [3.05, 3.63) is 38.4 Å². The highest BCUT2D eigenvalue weighted by molar-refractivity contribution is 9.10. The molecule has 0 amide bonds. The summed E-state index contributed by atoms with van der Waals surface area (Å²) in [7, 11) is -3.67. The van der Waals surface area contributed by atoms with Gasteiger partial charge in [-0.1, -0.05) is 35.1 Å². The second-order valence-corrected chi connectivity index (χ2v) is 8.13. The van der Waals surface area contributed by atoms with Crippen molar-refractivity contribution in [3.63, 3.8) is 0 Å². The number of sulfonamides is 1. The number of thiazole rings is 1. The molecule has 0 radical (unpaired) electrons. The molecule has 2 aromatic rings. The van der Waals surface area contributed by atoms with Crippen LogP contribution < -0.4 is 4.72 Å². The van der Waals surface area contributed by atoms with E-state index in [0.29, 0.717) is 15.9 Å². The van der Waals surface area contributed by atoms with E-state index in [9.17, 15) is 8.42 Å². The predicted octanol–water partition coefficient (Wildman–Crippen LogP) is 3.98. The third kappa shape index (κ3) is 3.10. The molecule has 1 heterocycles. The van der Waals surface area contributed by atoms with Crippen LogP contribution in [0.4, 0.5) is 5.69 Å². The molecule has 0 fully saturated rings. The van der Waals surface area contributed by atoms with Crippen LogP contribution in [-0.4, -0.2) is 13.4 Å². The zero-order valence-corrected chi connectivity index (χ0v) is 14.0. The number of nitrogens with zero attached hydrogens (tertiary/aromatic N) is 1. The van der Waals surface area contributed by atoms with Crippen LogP contribution in [-0.2, 0) is 10.0 Å². The summed E-state index contributed by atoms with van der Waals surface area (Å²) in [4.78, 5) is 3.91. The van der Waals surface area contributed by atoms with Gasteiger partial charge in [0.25, 0.3) is 10.0 Å². The fraction of sp³-hybridized carbons (Fsp3) is 0.182. The summed E-state index contributed by atoms with van der Waals surface area (Å²) >= 11 is 10.0. The van der Waals surface area contributed by atoms with E-state index in [4.69, 9.17) is 11.6 Å². The summed E-state index contributed by atoms with van der Waals surface area (Å²) < 4.78 is 28.1. The molecule has 0 bridgehead atoms. The minimum atomic E-state index is -3.67. The molecule has 0 aliphatic heterocycles. The second kappa shape index (κ2) is 5.40. The minimum absolute atomic E-state index is 0.130. The van der Waals surface area contributed by atoms with Crippen LogP contribution in [0.3, 0.4) is 0 Å². The van der Waals surface area contributed by atoms with Gasteiger partial charge in [0, 0.05) is 4.47 Å². The zero-order valence-electron chi connectivity index (χ0n) is 10.1. The monoisotopic (exact) mass is 380 g/mol. The number of hydrogen-bond donors (Lipinski definition) is 1. The average Bonchev–Trinajstić information content (AvgIpc) is 2.65. The molecule has 0 saturated heterocycles. The fourth-order valence-electron chi connectivity index (χ4n) is 1.52. The summed E-state index contributed by atoms with van der Waals surface area (Å²) in [5, 5.41) is 0. The summed E-state index contributed by atoms with van der Waals surface area (Å²) in [6, 6.07) is 5.35. The van der Waals surface area contributed by atoms with Crippen LogP contribution >= 0.6 is 38.9 Å². The lowest BCUT2D eigenvalue weighted by atomic mass is 10.2. The van der Waals surface area contributed by atoms with Crippen molar-refractivity contribution < 1.29 is 8.42 Å². The molecular weight excluding hydrogens is 372 g/mol. The highest BCUT2D eigenvalue weighted by atomic mass is 79.9. The third-order valence-electron chi connectivity index (χ3n) is 2.41. The normalized spacial score (nSPS) is 11.6. The van der Waals surface area contributed by atoms with Crippen LogP contribution in [0.1, 0.15) is 11.3 Å². The maximum atomic E-state index is 12.3. The van der Waals surface area contributed by atoms with Gasteiger partial charge < -0.3 is 0 Å². The summed E-state index contributed by atoms with van der Waals surface area (Å²) in [6.07, 6.45) is 0. The lowest BCUT2D eigenvalue weighted by molar-refractivity contribution is 0.602. The number of aromatic nitrogens is 1. The molecule has 4 nitrogen and oxygen atoms in total. The Morgan fingerprint density at radius 1 is 1.37 bits per heavy atom. The number of rotatable bonds is 3. The number of halogens is 2. The molecule has 0 aliphatic rings. The highest BCUT2D eigenvalue weighted by Gasteiger charge is 2.22. The van der Waals surface area contributed by atoms with E-state index in [1.807, 2.05) is 13.0 Å². The first-order valence-electron chi connectivity index (χ1n) is 5.22. The molecule has 1 aromatic heterocycles. The van der Waals surface area contributed by atoms with E-state index in [1.54, 1.807) is 19.1 Å². The van der Waals surface area contributed by atoms with Gasteiger partial charge >= 0.3 is 0 Å². The maximum Gasteiger partial charge on any atom is 0.273 e. The summed E-state index contributed by atoms with van der Waals surface area (Å²) in [5.74, 6) is 0. The molecule has 0 saturated carbocycles. The predicted molar refractivity (Wildman–Crippen MR) is 81.5 cm³/mol. The Kier molecular flexibility index (Phi) is 4.20. The maximum absolute atomic E-state index is 12.3. The van der Waals surface area contributed by atoms with Crippen molar-refractivity contribution in [2.45, 2.75) is 18.1 Å². The number of nitrogens with one attached hydrogen (secondary N) is 1. The Hall–Kier alpha value is -0.630. The molecule has 0 aliphatic carbocycles. The van der Waals surface area contributed by atoms with Gasteiger partial charge in [-0.3, -0.25) is 4.72 Å². The van der Waals surface area contributed by atoms with Gasteiger partial charge in [-0.05, 0) is 41.4 Å². The van der Waals surface area contributed by atoms with Crippen LogP contribution in [0.15, 0.2) is 26.9 Å². The summed E-state index contributed by atoms with van der Waals surface area (Å²) in [5.41, 5.74) is 1.83. The van der Waals surface area contributed by atoms with E-state index < -0.39 is 10.0 Å². The van der Waals surface area contributed by atoms with E-state index in [0.717, 1.165) is 16.9 Å².